The van der Waals surface area contributed by atoms with Crippen molar-refractivity contribution in [3.8, 4) is 17.0 Å². The molecule has 1 heterocycles. The summed E-state index contributed by atoms with van der Waals surface area (Å²) in [6, 6.07) is 12.3. The largest absolute Gasteiger partial charge is 0.508 e. The van der Waals surface area contributed by atoms with E-state index in [1.807, 2.05) is 30.5 Å². The van der Waals surface area contributed by atoms with Gasteiger partial charge in [0.25, 0.3) is 0 Å². The Morgan fingerprint density at radius 1 is 1.12 bits per heavy atom. The zero-order valence-electron chi connectivity index (χ0n) is 13.6. The predicted octanol–water partition coefficient (Wildman–Crippen LogP) is 5.03. The smallest absolute Gasteiger partial charge is 0.205 e. The molecule has 0 radical (unpaired) electrons. The molecule has 128 valence electrons. The molecule has 0 aliphatic rings. The minimum Gasteiger partial charge on any atom is -0.508 e. The summed E-state index contributed by atoms with van der Waals surface area (Å²) in [6.07, 6.45) is 0. The molecule has 2 aromatic carbocycles. The fourth-order valence-corrected chi connectivity index (χ4v) is 3.63. The summed E-state index contributed by atoms with van der Waals surface area (Å²) in [5.74, 6) is 0.220. The number of phenolic OH excluding ortho intramolecular Hbond substituents is 1. The van der Waals surface area contributed by atoms with E-state index < -0.39 is 0 Å². The molecule has 25 heavy (non-hydrogen) atoms. The molecule has 0 atom stereocenters. The zero-order chi connectivity index (χ0) is 18.0. The third-order valence-electron chi connectivity index (χ3n) is 3.62. The lowest BCUT2D eigenvalue weighted by Gasteiger charge is -2.08. The first-order chi connectivity index (χ1) is 12.0. The van der Waals surface area contributed by atoms with Crippen LogP contribution in [0.3, 0.4) is 0 Å². The molecule has 0 fully saturated rings. The molecule has 3 rings (SSSR count). The zero-order valence-corrected chi connectivity index (χ0v) is 15.9. The van der Waals surface area contributed by atoms with Gasteiger partial charge in [-0.3, -0.25) is 4.99 Å². The molecule has 0 amide bonds. The van der Waals surface area contributed by atoms with E-state index >= 15 is 0 Å². The second-order valence-electron chi connectivity index (χ2n) is 5.30. The van der Waals surface area contributed by atoms with Crippen LogP contribution in [0.1, 0.15) is 12.5 Å². The van der Waals surface area contributed by atoms with E-state index in [-0.39, 0.29) is 5.75 Å². The van der Waals surface area contributed by atoms with E-state index in [4.69, 9.17) is 28.3 Å². The van der Waals surface area contributed by atoms with Crippen LogP contribution >= 0.6 is 34.5 Å². The molecular formula is C18H15Cl2N3OS. The quantitative estimate of drug-likeness (QED) is 0.625. The van der Waals surface area contributed by atoms with E-state index in [1.54, 1.807) is 36.0 Å². The van der Waals surface area contributed by atoms with Crippen molar-refractivity contribution < 1.29 is 5.11 Å². The van der Waals surface area contributed by atoms with Gasteiger partial charge >= 0.3 is 0 Å². The number of aromatic nitrogens is 1. The number of benzene rings is 2. The minimum atomic E-state index is 0.220. The highest BCUT2D eigenvalue weighted by Gasteiger charge is 2.12. The molecule has 0 aliphatic carbocycles. The first-order valence-corrected chi connectivity index (χ1v) is 9.07. The number of hydrogen-bond donors (Lipinski definition) is 1. The van der Waals surface area contributed by atoms with Crippen LogP contribution < -0.4 is 4.80 Å². The average molecular weight is 392 g/mol. The second-order valence-corrected chi connectivity index (χ2v) is 6.98. The molecule has 1 N–H and O–H groups in total. The third-order valence-corrected chi connectivity index (χ3v) is 5.07. The number of aromatic hydroxyl groups is 1. The first-order valence-electron chi connectivity index (χ1n) is 7.43. The number of phenols is 1. The fourth-order valence-electron chi connectivity index (χ4n) is 2.34. The van der Waals surface area contributed by atoms with Gasteiger partial charge < -0.3 is 5.11 Å². The summed E-state index contributed by atoms with van der Waals surface area (Å²) in [5.41, 5.74) is 3.37. The molecule has 0 saturated carbocycles. The summed E-state index contributed by atoms with van der Waals surface area (Å²) in [4.78, 5) is 5.04. The number of rotatable bonds is 3. The van der Waals surface area contributed by atoms with Crippen LogP contribution in [0.2, 0.25) is 10.0 Å². The normalized spacial score (nSPS) is 12.6. The van der Waals surface area contributed by atoms with Crippen molar-refractivity contribution in [2.24, 2.45) is 10.1 Å². The topological polar surface area (TPSA) is 49.9 Å². The molecule has 0 saturated heterocycles. The van der Waals surface area contributed by atoms with Crippen molar-refractivity contribution in [2.75, 3.05) is 7.05 Å². The fraction of sp³-hybridized carbons (Fsp3) is 0.111. The Bertz CT molecular complexity index is 1000. The number of nitrogens with zero attached hydrogens (tertiary/aromatic N) is 3. The second kappa shape index (κ2) is 7.44. The Kier molecular flexibility index (Phi) is 5.27. The maximum atomic E-state index is 9.44. The van der Waals surface area contributed by atoms with Crippen LogP contribution in [0.4, 0.5) is 0 Å². The molecule has 0 aliphatic heterocycles. The summed E-state index contributed by atoms with van der Waals surface area (Å²) in [5, 5.41) is 17.2. The Morgan fingerprint density at radius 2 is 1.84 bits per heavy atom. The van der Waals surface area contributed by atoms with Crippen LogP contribution in [-0.4, -0.2) is 22.5 Å². The predicted molar refractivity (Wildman–Crippen MR) is 105 cm³/mol. The Hall–Kier alpha value is -2.08. The number of hydrogen-bond acceptors (Lipinski definition) is 4. The lowest BCUT2D eigenvalue weighted by Crippen LogP contribution is -2.13. The van der Waals surface area contributed by atoms with Gasteiger partial charge in [-0.2, -0.15) is 5.10 Å². The van der Waals surface area contributed by atoms with Crippen molar-refractivity contribution in [1.29, 1.82) is 0 Å². The lowest BCUT2D eigenvalue weighted by atomic mass is 10.1. The van der Waals surface area contributed by atoms with Crippen LogP contribution in [-0.2, 0) is 0 Å². The van der Waals surface area contributed by atoms with Crippen LogP contribution in [0, 0.1) is 0 Å². The SMILES string of the molecule is CN=c1scc(-c2ccc(Cl)cc2Cl)n1N=C(C)c1ccc(O)cc1. The molecular weight excluding hydrogens is 377 g/mol. The molecule has 1 aromatic heterocycles. The molecule has 0 bridgehead atoms. The van der Waals surface area contributed by atoms with Gasteiger partial charge in [-0.15, -0.1) is 11.3 Å². The third kappa shape index (κ3) is 3.79. The van der Waals surface area contributed by atoms with E-state index in [0.717, 1.165) is 27.3 Å². The maximum absolute atomic E-state index is 9.44. The van der Waals surface area contributed by atoms with Gasteiger partial charge in [0.05, 0.1) is 16.4 Å². The number of halogens is 2. The van der Waals surface area contributed by atoms with Crippen molar-refractivity contribution >= 4 is 40.3 Å². The highest BCUT2D eigenvalue weighted by Crippen LogP contribution is 2.30. The van der Waals surface area contributed by atoms with Gasteiger partial charge in [-0.1, -0.05) is 23.2 Å². The van der Waals surface area contributed by atoms with Gasteiger partial charge in [0, 0.05) is 23.0 Å². The molecule has 3 aromatic rings. The average Bonchev–Trinajstić information content (AvgIpc) is 2.98. The molecule has 7 heteroatoms. The van der Waals surface area contributed by atoms with Crippen molar-refractivity contribution in [3.63, 3.8) is 0 Å². The summed E-state index contributed by atoms with van der Waals surface area (Å²) in [6.45, 7) is 1.91. The summed E-state index contributed by atoms with van der Waals surface area (Å²) in [7, 11) is 1.72. The van der Waals surface area contributed by atoms with Gasteiger partial charge in [0.1, 0.15) is 5.75 Å². The van der Waals surface area contributed by atoms with Crippen molar-refractivity contribution in [3.05, 3.63) is 68.3 Å². The summed E-state index contributed by atoms with van der Waals surface area (Å²) >= 11 is 13.8. The van der Waals surface area contributed by atoms with E-state index in [0.29, 0.717) is 10.0 Å². The minimum absolute atomic E-state index is 0.220. The maximum Gasteiger partial charge on any atom is 0.205 e. The first kappa shape index (κ1) is 17.7. The van der Waals surface area contributed by atoms with Gasteiger partial charge in [-0.05, 0) is 55.0 Å². The van der Waals surface area contributed by atoms with Gasteiger partial charge in [0.15, 0.2) is 0 Å². The Balaban J connectivity index is 2.14. The van der Waals surface area contributed by atoms with E-state index in [1.165, 1.54) is 11.3 Å². The van der Waals surface area contributed by atoms with E-state index in [9.17, 15) is 5.11 Å². The van der Waals surface area contributed by atoms with Gasteiger partial charge in [0.2, 0.25) is 4.80 Å². The van der Waals surface area contributed by atoms with Crippen LogP contribution in [0.5, 0.6) is 5.75 Å². The summed E-state index contributed by atoms with van der Waals surface area (Å²) < 4.78 is 1.77. The molecule has 0 spiro atoms. The van der Waals surface area contributed by atoms with Crippen LogP contribution in [0.25, 0.3) is 11.3 Å². The standard InChI is InChI=1S/C18H15Cl2N3OS/c1-11(12-3-6-14(24)7-4-12)22-23-17(10-25-18(23)21-2)15-8-5-13(19)9-16(15)20/h3-10,24H,1-2H3. The van der Waals surface area contributed by atoms with E-state index in [2.05, 4.69) is 4.99 Å². The highest BCUT2D eigenvalue weighted by molar-refractivity contribution is 7.07. The number of thiazole rings is 1. The van der Waals surface area contributed by atoms with Crippen molar-refractivity contribution in [2.45, 2.75) is 6.92 Å². The molecule has 4 nitrogen and oxygen atoms in total. The lowest BCUT2D eigenvalue weighted by molar-refractivity contribution is 0.475. The highest BCUT2D eigenvalue weighted by atomic mass is 35.5. The van der Waals surface area contributed by atoms with Crippen molar-refractivity contribution in [1.82, 2.24) is 4.68 Å². The van der Waals surface area contributed by atoms with Crippen LogP contribution in [0.15, 0.2) is 57.9 Å². The Morgan fingerprint density at radius 3 is 2.48 bits per heavy atom. The Labute approximate surface area is 159 Å². The monoisotopic (exact) mass is 391 g/mol. The van der Waals surface area contributed by atoms with Gasteiger partial charge in [-0.25, -0.2) is 4.68 Å². The molecule has 0 unspecified atom stereocenters.